The van der Waals surface area contributed by atoms with Gasteiger partial charge in [-0.3, -0.25) is 19.3 Å². The zero-order chi connectivity index (χ0) is 36.4. The van der Waals surface area contributed by atoms with E-state index in [-0.39, 0.29) is 45.6 Å². The van der Waals surface area contributed by atoms with Crippen LogP contribution in [0.4, 0.5) is 0 Å². The molecule has 0 aromatic carbocycles. The van der Waals surface area contributed by atoms with Crippen molar-refractivity contribution in [1.82, 2.24) is 9.80 Å². The molecule has 7 rings (SSSR count). The van der Waals surface area contributed by atoms with Crippen molar-refractivity contribution in [3.8, 4) is 0 Å². The highest BCUT2D eigenvalue weighted by Gasteiger charge is 2.71. The third kappa shape index (κ3) is 5.21. The Kier molecular flexibility index (Phi) is 8.77. The van der Waals surface area contributed by atoms with Gasteiger partial charge in [0.1, 0.15) is 6.10 Å². The predicted molar refractivity (Wildman–Crippen MR) is 196 cm³/mol. The first-order valence-corrected chi connectivity index (χ1v) is 20.6. The molecule has 5 aliphatic carbocycles. The number of piperazine rings is 1. The standard InChI is InChI=1S/C43H70N2O5/c1-26(2)29-13-18-43(22-34(46)45-25-27-21-28(45)24-44(27)10)20-19-41(8)30(36(29)43)11-12-32-40(7)16-15-33(50-35(47)23-38(3,4)37(48)49)39(5,6)31(40)14-17-42(32,41)9/h26-33,36H,11-25H2,1-10H3,(H,48,49)/t27?,28?,29?,30-,31?,32?,33+,36?,40+,41-,42-,43-/m1/s1. The number of esters is 1. The topological polar surface area (TPSA) is 87.2 Å². The van der Waals surface area contributed by atoms with Crippen molar-refractivity contribution >= 4 is 17.8 Å². The molecule has 2 bridgehead atoms. The molecule has 50 heavy (non-hydrogen) atoms. The van der Waals surface area contributed by atoms with Crippen LogP contribution in [0, 0.1) is 68.0 Å². The first-order valence-electron chi connectivity index (χ1n) is 20.6. The number of carbonyl (C=O) groups is 3. The number of fused-ring (bicyclic) bond motifs is 9. The third-order valence-corrected chi connectivity index (χ3v) is 18.2. The average Bonchev–Trinajstić information content (AvgIpc) is 3.71. The fourth-order valence-electron chi connectivity index (χ4n) is 15.2. The van der Waals surface area contributed by atoms with Crippen LogP contribution in [0.15, 0.2) is 0 Å². The Bertz CT molecular complexity index is 1390. The summed E-state index contributed by atoms with van der Waals surface area (Å²) in [7, 11) is 2.23. The van der Waals surface area contributed by atoms with E-state index in [2.05, 4.69) is 65.3 Å². The second-order valence-corrected chi connectivity index (χ2v) is 21.4. The molecule has 282 valence electrons. The highest BCUT2D eigenvalue weighted by atomic mass is 16.5. The Labute approximate surface area is 303 Å². The zero-order valence-electron chi connectivity index (χ0n) is 33.3. The van der Waals surface area contributed by atoms with Gasteiger partial charge in [0, 0.05) is 37.0 Å². The smallest absolute Gasteiger partial charge is 0.309 e. The minimum atomic E-state index is -1.13. The Hall–Kier alpha value is -1.63. The van der Waals surface area contributed by atoms with E-state index in [9.17, 15) is 19.5 Å². The lowest BCUT2D eigenvalue weighted by Gasteiger charge is -2.73. The van der Waals surface area contributed by atoms with Gasteiger partial charge in [-0.05, 0) is 149 Å². The SMILES string of the molecule is CC(C)C1CC[C@]2(CC(=O)N3CC4CC3CN4C)CC[C@]3(C)[C@H](CCC4[C@@]5(C)CC[C@H](OC(=O)CC(C)(C)C(=O)O)C(C)(C)C5CC[C@]43C)C12. The van der Waals surface area contributed by atoms with Gasteiger partial charge in [-0.2, -0.15) is 0 Å². The van der Waals surface area contributed by atoms with Gasteiger partial charge in [-0.25, -0.2) is 0 Å². The molecule has 0 spiro atoms. The molecular weight excluding hydrogens is 624 g/mol. The lowest BCUT2D eigenvalue weighted by Crippen LogP contribution is -2.67. The minimum absolute atomic E-state index is 0.0978. The maximum absolute atomic E-state index is 14.3. The zero-order valence-corrected chi connectivity index (χ0v) is 33.3. The summed E-state index contributed by atoms with van der Waals surface area (Å²) in [5.74, 6) is 2.86. The lowest BCUT2D eigenvalue weighted by atomic mass is 9.32. The number of hydrogen-bond acceptors (Lipinski definition) is 5. The number of nitrogens with zero attached hydrogens (tertiary/aromatic N) is 2. The van der Waals surface area contributed by atoms with Crippen LogP contribution in [0.5, 0.6) is 0 Å². The van der Waals surface area contributed by atoms with Crippen LogP contribution in [0.1, 0.15) is 146 Å². The quantitative estimate of drug-likeness (QED) is 0.269. The maximum atomic E-state index is 14.3. The number of rotatable bonds is 7. The van der Waals surface area contributed by atoms with Crippen molar-refractivity contribution in [3.05, 3.63) is 0 Å². The summed E-state index contributed by atoms with van der Waals surface area (Å²) in [4.78, 5) is 43.9. The van der Waals surface area contributed by atoms with Crippen molar-refractivity contribution in [1.29, 1.82) is 0 Å². The summed E-state index contributed by atoms with van der Waals surface area (Å²) in [6.45, 7) is 22.7. The minimum Gasteiger partial charge on any atom is -0.481 e. The van der Waals surface area contributed by atoms with E-state index in [1.165, 1.54) is 44.9 Å². The normalized spacial score (nSPS) is 46.6. The molecule has 7 fully saturated rings. The fourth-order valence-corrected chi connectivity index (χ4v) is 15.2. The summed E-state index contributed by atoms with van der Waals surface area (Å²) in [5, 5.41) is 9.62. The van der Waals surface area contributed by atoms with Gasteiger partial charge >= 0.3 is 11.9 Å². The van der Waals surface area contributed by atoms with Gasteiger partial charge in [0.2, 0.25) is 5.91 Å². The van der Waals surface area contributed by atoms with Crippen molar-refractivity contribution < 1.29 is 24.2 Å². The molecular formula is C43H70N2O5. The summed E-state index contributed by atoms with van der Waals surface area (Å²) < 4.78 is 6.20. The highest BCUT2D eigenvalue weighted by molar-refractivity contribution is 5.81. The molecule has 1 amide bonds. The number of amides is 1. The van der Waals surface area contributed by atoms with Gasteiger partial charge < -0.3 is 14.7 Å². The Morgan fingerprint density at radius 1 is 0.840 bits per heavy atom. The number of carboxylic acid groups (broad SMARTS) is 1. The van der Waals surface area contributed by atoms with Crippen LogP contribution < -0.4 is 0 Å². The van der Waals surface area contributed by atoms with Crippen LogP contribution in [0.25, 0.3) is 0 Å². The molecule has 1 N–H and O–H groups in total. The Morgan fingerprint density at radius 2 is 1.56 bits per heavy atom. The van der Waals surface area contributed by atoms with Crippen molar-refractivity contribution in [2.24, 2.45) is 68.0 Å². The van der Waals surface area contributed by atoms with E-state index in [4.69, 9.17) is 4.74 Å². The van der Waals surface area contributed by atoms with Gasteiger partial charge in [-0.1, -0.05) is 48.5 Å². The summed E-state index contributed by atoms with van der Waals surface area (Å²) >= 11 is 0. The molecule has 7 heteroatoms. The van der Waals surface area contributed by atoms with Gasteiger partial charge in [0.25, 0.3) is 0 Å². The van der Waals surface area contributed by atoms with Crippen LogP contribution in [0.2, 0.25) is 0 Å². The molecule has 0 aromatic rings. The van der Waals surface area contributed by atoms with E-state index in [1.807, 2.05) is 0 Å². The maximum Gasteiger partial charge on any atom is 0.309 e. The number of carboxylic acids is 1. The van der Waals surface area contributed by atoms with E-state index in [1.54, 1.807) is 13.8 Å². The van der Waals surface area contributed by atoms with Crippen LogP contribution >= 0.6 is 0 Å². The molecule has 5 saturated carbocycles. The number of ether oxygens (including phenoxy) is 1. The monoisotopic (exact) mass is 695 g/mol. The van der Waals surface area contributed by atoms with Crippen LogP contribution in [-0.4, -0.2) is 71.1 Å². The van der Waals surface area contributed by atoms with E-state index < -0.39 is 11.4 Å². The largest absolute Gasteiger partial charge is 0.481 e. The first kappa shape index (κ1) is 36.7. The summed E-state index contributed by atoms with van der Waals surface area (Å²) in [5.41, 5.74) is -0.472. The molecule has 0 radical (unpaired) electrons. The predicted octanol–water partition coefficient (Wildman–Crippen LogP) is 8.44. The van der Waals surface area contributed by atoms with E-state index in [0.29, 0.717) is 53.5 Å². The summed E-state index contributed by atoms with van der Waals surface area (Å²) in [6.07, 6.45) is 13.5. The van der Waals surface area contributed by atoms with Gasteiger partial charge in [-0.15, -0.1) is 0 Å². The number of likely N-dealkylation sites (tertiary alicyclic amines) is 2. The number of hydrogen-bond donors (Lipinski definition) is 1. The lowest BCUT2D eigenvalue weighted by molar-refractivity contribution is -0.252. The highest BCUT2D eigenvalue weighted by Crippen LogP contribution is 2.78. The third-order valence-electron chi connectivity index (χ3n) is 18.2. The molecule has 12 atom stereocenters. The molecule has 0 aromatic heterocycles. The van der Waals surface area contributed by atoms with Crippen molar-refractivity contribution in [2.75, 3.05) is 20.1 Å². The Balaban J connectivity index is 1.12. The molecule has 7 nitrogen and oxygen atoms in total. The van der Waals surface area contributed by atoms with Gasteiger partial charge in [0.05, 0.1) is 11.8 Å². The summed E-state index contributed by atoms with van der Waals surface area (Å²) in [6, 6.07) is 0.981. The molecule has 2 aliphatic heterocycles. The van der Waals surface area contributed by atoms with Crippen LogP contribution in [-0.2, 0) is 19.1 Å². The number of likely N-dealkylation sites (N-methyl/N-ethyl adjacent to an activating group) is 1. The molecule has 7 aliphatic rings. The molecule has 2 heterocycles. The second kappa shape index (κ2) is 11.9. The number of carbonyl (C=O) groups excluding carboxylic acids is 2. The van der Waals surface area contributed by atoms with Crippen molar-refractivity contribution in [3.63, 3.8) is 0 Å². The average molecular weight is 695 g/mol. The fraction of sp³-hybridized carbons (Fsp3) is 0.930. The Morgan fingerprint density at radius 3 is 2.18 bits per heavy atom. The first-order chi connectivity index (χ1) is 23.2. The van der Waals surface area contributed by atoms with Crippen molar-refractivity contribution in [2.45, 2.75) is 164 Å². The van der Waals surface area contributed by atoms with Gasteiger partial charge in [0.15, 0.2) is 0 Å². The van der Waals surface area contributed by atoms with E-state index >= 15 is 0 Å². The molecule has 2 saturated heterocycles. The molecule has 6 unspecified atom stereocenters. The van der Waals surface area contributed by atoms with E-state index in [0.717, 1.165) is 45.2 Å². The number of aliphatic carboxylic acids is 1. The second-order valence-electron chi connectivity index (χ2n) is 21.4. The van der Waals surface area contributed by atoms with Crippen LogP contribution in [0.3, 0.4) is 0 Å².